The molecule has 1 fully saturated rings. The molecular formula is C14H20N2OS. The van der Waals surface area contributed by atoms with E-state index in [9.17, 15) is 0 Å². The molecule has 1 aliphatic rings. The fourth-order valence-corrected chi connectivity index (χ4v) is 2.51. The van der Waals surface area contributed by atoms with E-state index in [1.807, 2.05) is 25.1 Å². The molecule has 0 spiro atoms. The second-order valence-electron chi connectivity index (χ2n) is 4.96. The van der Waals surface area contributed by atoms with Gasteiger partial charge in [0.25, 0.3) is 0 Å². The van der Waals surface area contributed by atoms with Crippen molar-refractivity contribution in [3.05, 3.63) is 29.3 Å². The van der Waals surface area contributed by atoms with E-state index in [2.05, 4.69) is 11.9 Å². The van der Waals surface area contributed by atoms with Gasteiger partial charge in [-0.05, 0) is 50.6 Å². The van der Waals surface area contributed by atoms with Crippen LogP contribution < -0.4 is 10.5 Å². The van der Waals surface area contributed by atoms with Crippen molar-refractivity contribution in [2.75, 3.05) is 20.1 Å². The van der Waals surface area contributed by atoms with E-state index >= 15 is 0 Å². The van der Waals surface area contributed by atoms with Gasteiger partial charge in [0.15, 0.2) is 0 Å². The molecule has 3 nitrogen and oxygen atoms in total. The first-order chi connectivity index (χ1) is 8.56. The number of nitrogens with two attached hydrogens (primary N) is 1. The molecule has 0 radical (unpaired) electrons. The highest BCUT2D eigenvalue weighted by molar-refractivity contribution is 7.80. The molecule has 1 aromatic rings. The summed E-state index contributed by atoms with van der Waals surface area (Å²) in [6.07, 6.45) is 2.51. The average molecular weight is 264 g/mol. The van der Waals surface area contributed by atoms with Crippen molar-refractivity contribution in [3.8, 4) is 5.75 Å². The Morgan fingerprint density at radius 3 is 2.61 bits per heavy atom. The number of benzene rings is 1. The van der Waals surface area contributed by atoms with E-state index in [1.165, 1.54) is 0 Å². The summed E-state index contributed by atoms with van der Waals surface area (Å²) in [7, 11) is 2.15. The fraction of sp³-hybridized carbons (Fsp3) is 0.500. The normalized spacial score (nSPS) is 17.7. The summed E-state index contributed by atoms with van der Waals surface area (Å²) in [4.78, 5) is 2.78. The van der Waals surface area contributed by atoms with E-state index in [1.54, 1.807) is 0 Å². The Bertz CT molecular complexity index is 439. The van der Waals surface area contributed by atoms with Crippen LogP contribution in [0.1, 0.15) is 24.0 Å². The quantitative estimate of drug-likeness (QED) is 0.849. The topological polar surface area (TPSA) is 38.5 Å². The minimum absolute atomic E-state index is 0.330. The Balaban J connectivity index is 2.02. The summed E-state index contributed by atoms with van der Waals surface area (Å²) < 4.78 is 6.01. The first kappa shape index (κ1) is 13.3. The number of hydrogen-bond donors (Lipinski definition) is 1. The molecule has 1 saturated heterocycles. The van der Waals surface area contributed by atoms with Crippen molar-refractivity contribution >= 4 is 17.2 Å². The summed E-state index contributed by atoms with van der Waals surface area (Å²) in [5.74, 6) is 0.919. The van der Waals surface area contributed by atoms with E-state index in [0.717, 1.165) is 42.8 Å². The van der Waals surface area contributed by atoms with Crippen molar-refractivity contribution in [1.29, 1.82) is 0 Å². The summed E-state index contributed by atoms with van der Waals surface area (Å²) >= 11 is 5.00. The average Bonchev–Trinajstić information content (AvgIpc) is 2.32. The van der Waals surface area contributed by atoms with Gasteiger partial charge in [-0.15, -0.1) is 0 Å². The van der Waals surface area contributed by atoms with E-state index in [0.29, 0.717) is 11.1 Å². The van der Waals surface area contributed by atoms with E-state index in [-0.39, 0.29) is 0 Å². The van der Waals surface area contributed by atoms with Gasteiger partial charge in [0, 0.05) is 18.7 Å². The molecule has 1 aromatic carbocycles. The van der Waals surface area contributed by atoms with Crippen LogP contribution in [-0.2, 0) is 0 Å². The molecule has 98 valence electrons. The highest BCUT2D eigenvalue weighted by Crippen LogP contribution is 2.21. The van der Waals surface area contributed by atoms with Crippen LogP contribution in [0.5, 0.6) is 5.75 Å². The van der Waals surface area contributed by atoms with Crippen molar-refractivity contribution in [2.45, 2.75) is 25.9 Å². The van der Waals surface area contributed by atoms with Crippen LogP contribution in [0.15, 0.2) is 18.2 Å². The molecule has 1 heterocycles. The number of nitrogens with zero attached hydrogens (tertiary/aromatic N) is 1. The minimum atomic E-state index is 0.330. The second kappa shape index (κ2) is 5.67. The summed E-state index contributed by atoms with van der Waals surface area (Å²) in [5, 5.41) is 0. The van der Waals surface area contributed by atoms with Crippen LogP contribution in [0.4, 0.5) is 0 Å². The smallest absolute Gasteiger partial charge is 0.120 e. The zero-order valence-corrected chi connectivity index (χ0v) is 11.8. The monoisotopic (exact) mass is 264 g/mol. The number of rotatable bonds is 3. The molecule has 0 atom stereocenters. The lowest BCUT2D eigenvalue weighted by Crippen LogP contribution is -2.35. The lowest BCUT2D eigenvalue weighted by molar-refractivity contribution is 0.114. The number of aryl methyl sites for hydroxylation is 1. The molecular weight excluding hydrogens is 244 g/mol. The molecule has 2 N–H and O–H groups in total. The van der Waals surface area contributed by atoms with Gasteiger partial charge in [-0.2, -0.15) is 0 Å². The van der Waals surface area contributed by atoms with E-state index < -0.39 is 0 Å². The van der Waals surface area contributed by atoms with Gasteiger partial charge in [-0.3, -0.25) is 0 Å². The van der Waals surface area contributed by atoms with Gasteiger partial charge in [-0.1, -0.05) is 12.2 Å². The van der Waals surface area contributed by atoms with Crippen LogP contribution in [0.25, 0.3) is 0 Å². The summed E-state index contributed by atoms with van der Waals surface area (Å²) in [6, 6.07) is 5.93. The maximum Gasteiger partial charge on any atom is 0.120 e. The Morgan fingerprint density at radius 1 is 1.39 bits per heavy atom. The number of ether oxygens (including phenoxy) is 1. The standard InChI is InChI=1S/C14H20N2OS/c1-10-9-12(3-4-13(10)14(15)18)17-11-5-7-16(2)8-6-11/h3-4,9,11H,5-8H2,1-2H3,(H2,15,18). The number of likely N-dealkylation sites (tertiary alicyclic amines) is 1. The van der Waals surface area contributed by atoms with Crippen molar-refractivity contribution in [1.82, 2.24) is 4.90 Å². The van der Waals surface area contributed by atoms with E-state index in [4.69, 9.17) is 22.7 Å². The van der Waals surface area contributed by atoms with Crippen molar-refractivity contribution in [2.24, 2.45) is 5.73 Å². The SMILES string of the molecule is Cc1cc(OC2CCN(C)CC2)ccc1C(N)=S. The third-order valence-corrected chi connectivity index (χ3v) is 3.65. The predicted octanol–water partition coefficient (Wildman–Crippen LogP) is 2.10. The largest absolute Gasteiger partial charge is 0.490 e. The fourth-order valence-electron chi connectivity index (χ4n) is 2.28. The first-order valence-corrected chi connectivity index (χ1v) is 6.73. The second-order valence-corrected chi connectivity index (χ2v) is 5.40. The van der Waals surface area contributed by atoms with Gasteiger partial charge < -0.3 is 15.4 Å². The lowest BCUT2D eigenvalue weighted by atomic mass is 10.1. The first-order valence-electron chi connectivity index (χ1n) is 6.32. The maximum absolute atomic E-state index is 6.01. The molecule has 0 aliphatic carbocycles. The lowest BCUT2D eigenvalue weighted by Gasteiger charge is -2.29. The van der Waals surface area contributed by atoms with Gasteiger partial charge in [-0.25, -0.2) is 0 Å². The molecule has 0 saturated carbocycles. The van der Waals surface area contributed by atoms with Crippen molar-refractivity contribution in [3.63, 3.8) is 0 Å². The molecule has 18 heavy (non-hydrogen) atoms. The van der Waals surface area contributed by atoms with Crippen molar-refractivity contribution < 1.29 is 4.74 Å². The number of thiocarbonyl (C=S) groups is 1. The Hall–Kier alpha value is -1.13. The summed E-state index contributed by atoms with van der Waals surface area (Å²) in [6.45, 7) is 4.22. The summed E-state index contributed by atoms with van der Waals surface area (Å²) in [5.41, 5.74) is 7.66. The molecule has 0 unspecified atom stereocenters. The van der Waals surface area contributed by atoms with Crippen LogP contribution in [0.2, 0.25) is 0 Å². The van der Waals surface area contributed by atoms with Gasteiger partial charge in [0.1, 0.15) is 16.8 Å². The molecule has 2 rings (SSSR count). The highest BCUT2D eigenvalue weighted by atomic mass is 32.1. The zero-order chi connectivity index (χ0) is 13.1. The predicted molar refractivity (Wildman–Crippen MR) is 78.2 cm³/mol. The third-order valence-electron chi connectivity index (χ3n) is 3.43. The van der Waals surface area contributed by atoms with Gasteiger partial charge in [0.05, 0.1) is 0 Å². The van der Waals surface area contributed by atoms with Crippen LogP contribution in [0.3, 0.4) is 0 Å². The molecule has 1 aliphatic heterocycles. The van der Waals surface area contributed by atoms with Gasteiger partial charge in [0.2, 0.25) is 0 Å². The zero-order valence-electron chi connectivity index (χ0n) is 11.0. The van der Waals surface area contributed by atoms with Crippen LogP contribution in [0, 0.1) is 6.92 Å². The molecule has 4 heteroatoms. The van der Waals surface area contributed by atoms with Crippen LogP contribution in [-0.4, -0.2) is 36.1 Å². The Labute approximate surface area is 114 Å². The third kappa shape index (κ3) is 3.21. The van der Waals surface area contributed by atoms with Gasteiger partial charge >= 0.3 is 0 Å². The highest BCUT2D eigenvalue weighted by Gasteiger charge is 2.18. The molecule has 0 aromatic heterocycles. The molecule has 0 bridgehead atoms. The molecule has 0 amide bonds. The Kier molecular flexibility index (Phi) is 4.19. The number of piperidine rings is 1. The minimum Gasteiger partial charge on any atom is -0.490 e. The maximum atomic E-state index is 6.01. The Morgan fingerprint density at radius 2 is 2.06 bits per heavy atom. The van der Waals surface area contributed by atoms with Crippen LogP contribution >= 0.6 is 12.2 Å². The number of hydrogen-bond acceptors (Lipinski definition) is 3.